The van der Waals surface area contributed by atoms with Crippen molar-refractivity contribution in [1.29, 1.82) is 0 Å². The molecule has 1 aromatic heterocycles. The van der Waals surface area contributed by atoms with E-state index >= 15 is 0 Å². The Morgan fingerprint density at radius 1 is 1.06 bits per heavy atom. The number of benzene rings is 1. The summed E-state index contributed by atoms with van der Waals surface area (Å²) in [6, 6.07) is 5.40. The van der Waals surface area contributed by atoms with Crippen molar-refractivity contribution < 1.29 is 23.1 Å². The Labute approximate surface area is 203 Å². The third-order valence-electron chi connectivity index (χ3n) is 7.44. The van der Waals surface area contributed by atoms with Crippen LogP contribution in [0.25, 0.3) is 11.4 Å². The summed E-state index contributed by atoms with van der Waals surface area (Å²) >= 11 is 0. The summed E-state index contributed by atoms with van der Waals surface area (Å²) < 4.78 is 39.6. The van der Waals surface area contributed by atoms with Gasteiger partial charge in [0.1, 0.15) is 0 Å². The maximum absolute atomic E-state index is 13.6. The number of likely N-dealkylation sites (tertiary alicyclic amines) is 2. The van der Waals surface area contributed by atoms with Gasteiger partial charge in [0.25, 0.3) is 5.91 Å². The fraction of sp³-hybridized carbons (Fsp3) is 0.577. The number of β-amino-alcohol motifs (C(OH)–C–C–N with tert-alkyl or cyclic N) is 1. The van der Waals surface area contributed by atoms with Crippen LogP contribution in [0.4, 0.5) is 13.2 Å². The van der Waals surface area contributed by atoms with Gasteiger partial charge in [0.2, 0.25) is 0 Å². The van der Waals surface area contributed by atoms with E-state index in [9.17, 15) is 23.1 Å². The average Bonchev–Trinajstić information content (AvgIpc) is 3.68. The minimum atomic E-state index is -4.45. The lowest BCUT2D eigenvalue weighted by Crippen LogP contribution is -2.50. The van der Waals surface area contributed by atoms with Gasteiger partial charge >= 0.3 is 6.18 Å². The molecule has 2 aliphatic heterocycles. The number of hydrogen-bond donors (Lipinski definition) is 1. The predicted octanol–water partition coefficient (Wildman–Crippen LogP) is 4.41. The lowest BCUT2D eigenvalue weighted by molar-refractivity contribution is -0.137. The summed E-state index contributed by atoms with van der Waals surface area (Å²) in [5, 5.41) is 10.0. The lowest BCUT2D eigenvalue weighted by atomic mass is 9.97. The molecule has 0 bridgehead atoms. The molecule has 3 heterocycles. The van der Waals surface area contributed by atoms with E-state index in [0.717, 1.165) is 57.2 Å². The Morgan fingerprint density at radius 3 is 2.46 bits per heavy atom. The second kappa shape index (κ2) is 9.50. The third kappa shape index (κ3) is 5.21. The van der Waals surface area contributed by atoms with Crippen LogP contribution in [-0.4, -0.2) is 69.1 Å². The van der Waals surface area contributed by atoms with Gasteiger partial charge in [-0.05, 0) is 64.1 Å². The van der Waals surface area contributed by atoms with Crippen LogP contribution in [0.3, 0.4) is 0 Å². The van der Waals surface area contributed by atoms with Crippen molar-refractivity contribution in [3.05, 3.63) is 46.8 Å². The number of hydrogen-bond acceptors (Lipinski definition) is 5. The molecule has 1 amide bonds. The zero-order chi connectivity index (χ0) is 24.7. The SMILES string of the molecule is Cc1nc(-c2cccc(C(F)(F)F)c2)nc(C2CC2)c1C(=O)N1CCC(N2CCCC(O)C2)CC1. The van der Waals surface area contributed by atoms with Crippen LogP contribution in [0.5, 0.6) is 0 Å². The molecule has 1 N–H and O–H groups in total. The molecule has 1 atom stereocenters. The minimum Gasteiger partial charge on any atom is -0.392 e. The first-order valence-corrected chi connectivity index (χ1v) is 12.5. The number of aliphatic hydroxyl groups excluding tert-OH is 1. The fourth-order valence-corrected chi connectivity index (χ4v) is 5.38. The molecule has 3 aliphatic rings. The Balaban J connectivity index is 1.36. The molecule has 1 aromatic carbocycles. The van der Waals surface area contributed by atoms with E-state index in [4.69, 9.17) is 0 Å². The molecule has 6 nitrogen and oxygen atoms in total. The average molecular weight is 489 g/mol. The van der Waals surface area contributed by atoms with Gasteiger partial charge < -0.3 is 10.0 Å². The maximum Gasteiger partial charge on any atom is 0.416 e. The number of carbonyl (C=O) groups excluding carboxylic acids is 1. The zero-order valence-corrected chi connectivity index (χ0v) is 19.9. The van der Waals surface area contributed by atoms with Crippen molar-refractivity contribution in [2.24, 2.45) is 0 Å². The van der Waals surface area contributed by atoms with Crippen molar-refractivity contribution in [3.63, 3.8) is 0 Å². The first-order valence-electron chi connectivity index (χ1n) is 12.5. The van der Waals surface area contributed by atoms with Crippen molar-refractivity contribution in [3.8, 4) is 11.4 Å². The number of aryl methyl sites for hydroxylation is 1. The highest BCUT2D eigenvalue weighted by Gasteiger charge is 2.36. The van der Waals surface area contributed by atoms with E-state index in [1.165, 1.54) is 6.07 Å². The number of aliphatic hydroxyl groups is 1. The molecule has 2 aromatic rings. The smallest absolute Gasteiger partial charge is 0.392 e. The Hall–Kier alpha value is -2.52. The standard InChI is InChI=1S/C26H31F3N4O2/c1-16-22(25(35)32-12-9-20(10-13-32)33-11-3-6-21(34)15-33)23(17-7-8-17)31-24(30-16)18-4-2-5-19(14-18)26(27,28)29/h2,4-5,14,17,20-21,34H,3,6-13,15H2,1H3. The van der Waals surface area contributed by atoms with Crippen molar-refractivity contribution in [2.75, 3.05) is 26.2 Å². The van der Waals surface area contributed by atoms with Gasteiger partial charge in [-0.25, -0.2) is 9.97 Å². The predicted molar refractivity (Wildman–Crippen MR) is 125 cm³/mol. The summed E-state index contributed by atoms with van der Waals surface area (Å²) in [6.07, 6.45) is 0.695. The molecular weight excluding hydrogens is 457 g/mol. The fourth-order valence-electron chi connectivity index (χ4n) is 5.38. The monoisotopic (exact) mass is 488 g/mol. The van der Waals surface area contributed by atoms with E-state index in [-0.39, 0.29) is 23.8 Å². The van der Waals surface area contributed by atoms with Crippen molar-refractivity contribution in [2.45, 2.75) is 69.7 Å². The Kier molecular flexibility index (Phi) is 6.57. The molecule has 5 rings (SSSR count). The molecule has 0 spiro atoms. The van der Waals surface area contributed by atoms with E-state index in [1.54, 1.807) is 13.0 Å². The molecule has 1 saturated carbocycles. The van der Waals surface area contributed by atoms with Crippen LogP contribution in [0.2, 0.25) is 0 Å². The first kappa shape index (κ1) is 24.2. The zero-order valence-electron chi connectivity index (χ0n) is 19.9. The second-order valence-corrected chi connectivity index (χ2v) is 10.1. The quantitative estimate of drug-likeness (QED) is 0.691. The Morgan fingerprint density at radius 2 is 1.80 bits per heavy atom. The highest BCUT2D eigenvalue weighted by atomic mass is 19.4. The number of rotatable bonds is 4. The molecule has 1 aliphatic carbocycles. The van der Waals surface area contributed by atoms with Crippen molar-refractivity contribution in [1.82, 2.24) is 19.8 Å². The van der Waals surface area contributed by atoms with Crippen LogP contribution in [0.15, 0.2) is 24.3 Å². The molecule has 188 valence electrons. The van der Waals surface area contributed by atoms with Crippen molar-refractivity contribution >= 4 is 5.91 Å². The normalized spacial score (nSPS) is 22.4. The molecule has 2 saturated heterocycles. The van der Waals surface area contributed by atoms with Crippen LogP contribution >= 0.6 is 0 Å². The number of nitrogens with zero attached hydrogens (tertiary/aromatic N) is 4. The van der Waals surface area contributed by atoms with Gasteiger partial charge in [0.05, 0.1) is 28.6 Å². The summed E-state index contributed by atoms with van der Waals surface area (Å²) in [6.45, 7) is 4.71. The highest BCUT2D eigenvalue weighted by molar-refractivity contribution is 5.97. The topological polar surface area (TPSA) is 69.6 Å². The number of carbonyl (C=O) groups is 1. The van der Waals surface area contributed by atoms with E-state index < -0.39 is 11.7 Å². The minimum absolute atomic E-state index is 0.0860. The van der Waals surface area contributed by atoms with Gasteiger partial charge in [-0.1, -0.05) is 12.1 Å². The molecule has 3 fully saturated rings. The molecule has 35 heavy (non-hydrogen) atoms. The summed E-state index contributed by atoms with van der Waals surface area (Å²) in [5.74, 6) is 0.291. The number of halogens is 3. The van der Waals surface area contributed by atoms with E-state index in [1.807, 2.05) is 4.90 Å². The van der Waals surface area contributed by atoms with Gasteiger partial charge in [-0.3, -0.25) is 9.69 Å². The van der Waals surface area contributed by atoms with Gasteiger partial charge in [0, 0.05) is 37.2 Å². The summed E-state index contributed by atoms with van der Waals surface area (Å²) in [7, 11) is 0. The second-order valence-electron chi connectivity index (χ2n) is 10.1. The first-order chi connectivity index (χ1) is 16.7. The molecule has 0 radical (unpaired) electrons. The maximum atomic E-state index is 13.6. The number of aromatic nitrogens is 2. The summed E-state index contributed by atoms with van der Waals surface area (Å²) in [4.78, 5) is 26.9. The van der Waals surface area contributed by atoms with E-state index in [2.05, 4.69) is 14.9 Å². The van der Waals surface area contributed by atoms with Crippen LogP contribution < -0.4 is 0 Å². The number of alkyl halides is 3. The summed E-state index contributed by atoms with van der Waals surface area (Å²) in [5.41, 5.74) is 1.24. The van der Waals surface area contributed by atoms with Gasteiger partial charge in [-0.15, -0.1) is 0 Å². The van der Waals surface area contributed by atoms with Gasteiger partial charge in [-0.2, -0.15) is 13.2 Å². The van der Waals surface area contributed by atoms with Crippen LogP contribution in [-0.2, 0) is 6.18 Å². The highest BCUT2D eigenvalue weighted by Crippen LogP contribution is 2.42. The van der Waals surface area contributed by atoms with Crippen LogP contribution in [0, 0.1) is 6.92 Å². The number of amides is 1. The largest absolute Gasteiger partial charge is 0.416 e. The Bertz CT molecular complexity index is 1090. The molecule has 9 heteroatoms. The molecular formula is C26H31F3N4O2. The van der Waals surface area contributed by atoms with Crippen LogP contribution in [0.1, 0.15) is 71.8 Å². The third-order valence-corrected chi connectivity index (χ3v) is 7.44. The molecule has 1 unspecified atom stereocenters. The lowest BCUT2D eigenvalue weighted by Gasteiger charge is -2.41. The van der Waals surface area contributed by atoms with Gasteiger partial charge in [0.15, 0.2) is 5.82 Å². The van der Waals surface area contributed by atoms with E-state index in [0.29, 0.717) is 48.2 Å². The number of piperidine rings is 2.